The van der Waals surface area contributed by atoms with Gasteiger partial charge in [0.15, 0.2) is 11.6 Å². The number of rotatable bonds is 11. The van der Waals surface area contributed by atoms with Crippen molar-refractivity contribution in [2.75, 3.05) is 25.6 Å². The highest BCUT2D eigenvalue weighted by Gasteiger charge is 2.25. The smallest absolute Gasteiger partial charge is 0.448 e. The number of carbonyl (C=O) groups is 1. The Morgan fingerprint density at radius 1 is 1.14 bits per heavy atom. The lowest BCUT2D eigenvalue weighted by atomic mass is 10.1. The molecule has 1 amide bonds. The van der Waals surface area contributed by atoms with Crippen molar-refractivity contribution in [1.82, 2.24) is 9.88 Å². The Labute approximate surface area is 205 Å². The summed E-state index contributed by atoms with van der Waals surface area (Å²) in [4.78, 5) is 35.7. The molecule has 2 atom stereocenters. The molecule has 1 heterocycles. The molecule has 0 aliphatic rings. The number of hydrogen-bond acceptors (Lipinski definition) is 7. The van der Waals surface area contributed by atoms with Gasteiger partial charge in [-0.2, -0.15) is 0 Å². The van der Waals surface area contributed by atoms with Gasteiger partial charge in [0, 0.05) is 29.7 Å². The Morgan fingerprint density at radius 2 is 1.86 bits per heavy atom. The van der Waals surface area contributed by atoms with E-state index in [0.29, 0.717) is 0 Å². The summed E-state index contributed by atoms with van der Waals surface area (Å²) in [6, 6.07) is 12.0. The van der Waals surface area contributed by atoms with E-state index in [1.807, 2.05) is 24.3 Å². The molecule has 2 aromatic carbocycles. The lowest BCUT2D eigenvalue weighted by Crippen LogP contribution is -2.40. The van der Waals surface area contributed by atoms with Crippen LogP contribution in [-0.2, 0) is 20.4 Å². The van der Waals surface area contributed by atoms with E-state index in [4.69, 9.17) is 14.5 Å². The second-order valence-electron chi connectivity index (χ2n) is 8.10. The summed E-state index contributed by atoms with van der Waals surface area (Å²) < 4.78 is 48.3. The van der Waals surface area contributed by atoms with Crippen LogP contribution in [0.5, 0.6) is 0 Å². The first-order valence-electron chi connectivity index (χ1n) is 10.8. The first-order valence-corrected chi connectivity index (χ1v) is 12.3. The number of hydrogen-bond donors (Lipinski definition) is 4. The van der Waals surface area contributed by atoms with Gasteiger partial charge in [-0.05, 0) is 31.0 Å². The number of benzene rings is 2. The van der Waals surface area contributed by atoms with Gasteiger partial charge in [-0.3, -0.25) is 14.7 Å². The number of anilines is 1. The maximum Gasteiger partial charge on any atom is 0.469 e. The maximum absolute atomic E-state index is 14.1. The number of carbonyl (C=O) groups excluding carboxylic acids is 1. The van der Waals surface area contributed by atoms with E-state index in [0.717, 1.165) is 16.8 Å². The van der Waals surface area contributed by atoms with Crippen LogP contribution in [0.4, 0.5) is 19.4 Å². The molecule has 1 aromatic heterocycles. The molecule has 0 fully saturated rings. The van der Waals surface area contributed by atoms with Gasteiger partial charge in [-0.25, -0.2) is 23.1 Å². The van der Waals surface area contributed by atoms with Gasteiger partial charge < -0.3 is 19.6 Å². The Morgan fingerprint density at radius 3 is 2.58 bits per heavy atom. The summed E-state index contributed by atoms with van der Waals surface area (Å²) in [5, 5.41) is 14.4. The van der Waals surface area contributed by atoms with E-state index in [-0.39, 0.29) is 31.0 Å². The first-order chi connectivity index (χ1) is 17.0. The zero-order valence-electron chi connectivity index (χ0n) is 19.3. The summed E-state index contributed by atoms with van der Waals surface area (Å²) in [7, 11) is -3.27. The van der Waals surface area contributed by atoms with E-state index in [1.165, 1.54) is 24.1 Å². The molecular formula is C23H26F2N3O7P. The van der Waals surface area contributed by atoms with Crippen LogP contribution in [0.1, 0.15) is 12.0 Å². The van der Waals surface area contributed by atoms with Crippen molar-refractivity contribution in [2.24, 2.45) is 0 Å². The third-order valence-corrected chi connectivity index (χ3v) is 5.81. The van der Waals surface area contributed by atoms with E-state index in [1.54, 1.807) is 12.3 Å². The number of halogens is 2. The van der Waals surface area contributed by atoms with Crippen molar-refractivity contribution in [1.29, 1.82) is 0 Å². The zero-order valence-corrected chi connectivity index (χ0v) is 20.1. The van der Waals surface area contributed by atoms with Crippen molar-refractivity contribution in [3.8, 4) is 0 Å². The average Bonchev–Trinajstić information content (AvgIpc) is 2.82. The van der Waals surface area contributed by atoms with Crippen LogP contribution in [-0.4, -0.2) is 63.3 Å². The highest BCUT2D eigenvalue weighted by Crippen LogP contribution is 2.36. The summed E-state index contributed by atoms with van der Waals surface area (Å²) >= 11 is 0. The largest absolute Gasteiger partial charge is 0.469 e. The predicted molar refractivity (Wildman–Crippen MR) is 127 cm³/mol. The zero-order chi connectivity index (χ0) is 26.3. The molecule has 36 heavy (non-hydrogen) atoms. The lowest BCUT2D eigenvalue weighted by Gasteiger charge is -2.29. The van der Waals surface area contributed by atoms with E-state index < -0.39 is 44.3 Å². The summed E-state index contributed by atoms with van der Waals surface area (Å²) in [6.07, 6.45) is -0.758. The number of pyridine rings is 1. The number of fused-ring (bicyclic) bond motifs is 1. The monoisotopic (exact) mass is 525 g/mol. The van der Waals surface area contributed by atoms with Gasteiger partial charge in [0.05, 0.1) is 12.7 Å². The minimum absolute atomic E-state index is 0.0354. The molecule has 0 saturated carbocycles. The third-order valence-electron chi connectivity index (χ3n) is 5.32. The van der Waals surface area contributed by atoms with Gasteiger partial charge >= 0.3 is 13.9 Å². The topological polar surface area (TPSA) is 141 Å². The number of ether oxygens (including phenoxy) is 1. The molecule has 2 unspecified atom stereocenters. The standard InChI is InChI=1S/C23H26F2N3O7P/c1-28(12-17-7-4-8-20(24)22(17)25)18(10-19(29)14-35-36(31,32)33)13-34-23(30)27-21-9-15-5-2-3-6-16(15)11-26-21/h2-9,11,18-19,29H,10,12-14H2,1H3,(H,26,27,30)(H2,31,32,33). The fourth-order valence-electron chi connectivity index (χ4n) is 3.47. The molecule has 0 saturated heterocycles. The number of likely N-dealkylation sites (N-methyl/N-ethyl adjacent to an activating group) is 1. The predicted octanol–water partition coefficient (Wildman–Crippen LogP) is 3.42. The van der Waals surface area contributed by atoms with Gasteiger partial charge in [-0.15, -0.1) is 0 Å². The number of nitrogens with zero attached hydrogens (tertiary/aromatic N) is 2. The Bertz CT molecular complexity index is 1240. The lowest BCUT2D eigenvalue weighted by molar-refractivity contribution is 0.0361. The van der Waals surface area contributed by atoms with Crippen molar-refractivity contribution in [3.63, 3.8) is 0 Å². The summed E-state index contributed by atoms with van der Waals surface area (Å²) in [5.74, 6) is -1.80. The molecular weight excluding hydrogens is 499 g/mol. The van der Waals surface area contributed by atoms with Gasteiger partial charge in [-0.1, -0.05) is 36.4 Å². The number of phosphoric ester groups is 1. The van der Waals surface area contributed by atoms with Crippen LogP contribution in [0, 0.1) is 11.6 Å². The normalized spacial score (nSPS) is 13.5. The van der Waals surface area contributed by atoms with Crippen LogP contribution in [0.3, 0.4) is 0 Å². The Kier molecular flexibility index (Phi) is 9.43. The molecule has 0 spiro atoms. The van der Waals surface area contributed by atoms with E-state index in [9.17, 15) is 23.2 Å². The molecule has 3 rings (SSSR count). The number of nitrogens with one attached hydrogen (secondary N) is 1. The fraction of sp³-hybridized carbons (Fsp3) is 0.304. The van der Waals surface area contributed by atoms with Crippen LogP contribution in [0.25, 0.3) is 10.8 Å². The van der Waals surface area contributed by atoms with Crippen molar-refractivity contribution >= 4 is 30.5 Å². The number of phosphoric acid groups is 1. The molecule has 10 nitrogen and oxygen atoms in total. The van der Waals surface area contributed by atoms with Crippen LogP contribution in [0.2, 0.25) is 0 Å². The average molecular weight is 525 g/mol. The quantitative estimate of drug-likeness (QED) is 0.277. The van der Waals surface area contributed by atoms with Gasteiger partial charge in [0.25, 0.3) is 0 Å². The minimum Gasteiger partial charge on any atom is -0.448 e. The van der Waals surface area contributed by atoms with E-state index in [2.05, 4.69) is 14.8 Å². The van der Waals surface area contributed by atoms with Crippen LogP contribution < -0.4 is 5.32 Å². The first kappa shape index (κ1) is 27.6. The Hall–Kier alpha value is -2.99. The van der Waals surface area contributed by atoms with Crippen LogP contribution >= 0.6 is 7.82 Å². The summed E-state index contributed by atoms with van der Waals surface area (Å²) in [6.45, 7) is -1.08. The SMILES string of the molecule is CN(Cc1cccc(F)c1F)C(COC(=O)Nc1cc2ccccc2cn1)CC(O)COP(=O)(O)O. The molecule has 0 radical (unpaired) electrons. The molecule has 0 aliphatic heterocycles. The minimum atomic E-state index is -4.81. The van der Waals surface area contributed by atoms with Crippen molar-refractivity contribution in [3.05, 3.63) is 71.9 Å². The second kappa shape index (κ2) is 12.3. The summed E-state index contributed by atoms with van der Waals surface area (Å²) in [5.41, 5.74) is 0.0354. The number of aliphatic hydroxyl groups excluding tert-OH is 1. The highest BCUT2D eigenvalue weighted by atomic mass is 31.2. The molecule has 13 heteroatoms. The second-order valence-corrected chi connectivity index (χ2v) is 9.34. The molecule has 194 valence electrons. The number of aliphatic hydroxyl groups is 1. The fourth-order valence-corrected chi connectivity index (χ4v) is 3.84. The van der Waals surface area contributed by atoms with Crippen molar-refractivity contribution < 1.29 is 42.3 Å². The van der Waals surface area contributed by atoms with Gasteiger partial charge in [0.2, 0.25) is 0 Å². The highest BCUT2D eigenvalue weighted by molar-refractivity contribution is 7.46. The number of aromatic nitrogens is 1. The third kappa shape index (κ3) is 8.30. The molecule has 3 aromatic rings. The van der Waals surface area contributed by atoms with Crippen molar-refractivity contribution in [2.45, 2.75) is 25.1 Å². The van der Waals surface area contributed by atoms with Gasteiger partial charge in [0.1, 0.15) is 12.4 Å². The molecule has 0 aliphatic carbocycles. The molecule has 4 N–H and O–H groups in total. The number of amides is 1. The Balaban J connectivity index is 1.66. The van der Waals surface area contributed by atoms with E-state index >= 15 is 0 Å². The maximum atomic E-state index is 14.1. The van der Waals surface area contributed by atoms with Crippen LogP contribution in [0.15, 0.2) is 54.7 Å². The molecule has 0 bridgehead atoms.